The van der Waals surface area contributed by atoms with Gasteiger partial charge in [0.1, 0.15) is 0 Å². The van der Waals surface area contributed by atoms with E-state index in [1.165, 1.54) is 73.7 Å². The van der Waals surface area contributed by atoms with E-state index in [1.54, 1.807) is 0 Å². The van der Waals surface area contributed by atoms with E-state index in [0.29, 0.717) is 21.7 Å². The topological polar surface area (TPSA) is 0 Å². The van der Waals surface area contributed by atoms with Crippen LogP contribution in [0.1, 0.15) is 160 Å². The Morgan fingerprint density at radius 2 is 0.562 bits per heavy atom. The van der Waals surface area contributed by atoms with Crippen molar-refractivity contribution < 1.29 is 77.2 Å². The molecule has 4 rings (SSSR count). The predicted molar refractivity (Wildman–Crippen MR) is 197 cm³/mol. The van der Waals surface area contributed by atoms with E-state index in [1.807, 2.05) is 0 Å². The molecule has 0 saturated carbocycles. The number of hydrogen-bond donors (Lipinski definition) is 0. The maximum Gasteiger partial charge on any atom is 2.00 e. The maximum absolute atomic E-state index is 3.39. The Labute approximate surface area is 351 Å². The van der Waals surface area contributed by atoms with Crippen LogP contribution in [-0.4, -0.2) is 0 Å². The van der Waals surface area contributed by atoms with Crippen molar-refractivity contribution in [1.29, 1.82) is 0 Å². The first-order valence-corrected chi connectivity index (χ1v) is 17.8. The minimum Gasteiger partial charge on any atom is -1.00 e. The fourth-order valence-electron chi connectivity index (χ4n) is 6.52. The molecule has 0 saturated heterocycles. The van der Waals surface area contributed by atoms with E-state index in [9.17, 15) is 0 Å². The summed E-state index contributed by atoms with van der Waals surface area (Å²) in [6.07, 6.45) is 45.3. The molecule has 0 aromatic heterocycles. The van der Waals surface area contributed by atoms with Gasteiger partial charge in [0.05, 0.1) is 0 Å². The average Bonchev–Trinajstić information content (AvgIpc) is 3.79. The van der Waals surface area contributed by atoms with Gasteiger partial charge in [0.25, 0.3) is 0 Å². The second-order valence-electron chi connectivity index (χ2n) is 15.3. The number of hydrogen-bond acceptors (Lipinski definition) is 0. The van der Waals surface area contributed by atoms with Crippen molar-refractivity contribution in [3.05, 3.63) is 95.2 Å². The summed E-state index contributed by atoms with van der Waals surface area (Å²) in [6.45, 7) is 27.3. The number of halogens is 2. The van der Waals surface area contributed by atoms with Crippen LogP contribution in [0.15, 0.2) is 70.9 Å². The molecule has 0 nitrogen and oxygen atoms in total. The molecule has 0 amide bonds. The summed E-state index contributed by atoms with van der Waals surface area (Å²) in [6, 6.07) is 0. The first-order valence-electron chi connectivity index (χ1n) is 17.8. The molecule has 0 unspecified atom stereocenters. The Kier molecular flexibility index (Phi) is 31.9. The van der Waals surface area contributed by atoms with Crippen molar-refractivity contribution in [3.8, 4) is 0 Å². The average molecular weight is 850 g/mol. The van der Waals surface area contributed by atoms with Crippen LogP contribution in [0.4, 0.5) is 0 Å². The van der Waals surface area contributed by atoms with E-state index in [0.717, 1.165) is 25.7 Å². The molecule has 0 radical (unpaired) electrons. The van der Waals surface area contributed by atoms with Crippen LogP contribution in [0, 0.1) is 46.0 Å². The molecule has 4 heteroatoms. The summed E-state index contributed by atoms with van der Waals surface area (Å²) in [5.41, 5.74) is 7.00. The molecule has 0 bridgehead atoms. The van der Waals surface area contributed by atoms with Crippen LogP contribution in [0.2, 0.25) is 0 Å². The zero-order valence-electron chi connectivity index (χ0n) is 32.9. The predicted octanol–water partition coefficient (Wildman–Crippen LogP) is 8.01. The third-order valence-corrected chi connectivity index (χ3v) is 9.20. The molecule has 0 spiro atoms. The van der Waals surface area contributed by atoms with Gasteiger partial charge in [-0.25, -0.2) is 46.6 Å². The third kappa shape index (κ3) is 20.3. The SMILES string of the molecule is CCCC(C)(C)C1=[C-]CC=C1.CCCC(C)(C)C1=[C-]CC=C1.CCCC(C)(C)C1=[C-]CC=C1.CCCC(C)(C)C1=[C-]CC=C1.[Cl-].[Cl-].[Zr+2].[Zr+2]. The molecule has 4 aliphatic rings. The summed E-state index contributed by atoms with van der Waals surface area (Å²) in [5, 5.41) is 0. The Hall–Kier alpha value is 0.266. The monoisotopic (exact) mass is 846 g/mol. The van der Waals surface area contributed by atoms with E-state index in [4.69, 9.17) is 0 Å². The molecule has 0 atom stereocenters. The Morgan fingerprint density at radius 1 is 0.396 bits per heavy atom. The van der Waals surface area contributed by atoms with Crippen LogP contribution in [0.25, 0.3) is 0 Å². The first-order chi connectivity index (χ1) is 20.7. The minimum atomic E-state index is 0. The molecule has 268 valence electrons. The largest absolute Gasteiger partial charge is 2.00 e. The van der Waals surface area contributed by atoms with Gasteiger partial charge in [-0.15, -0.1) is 25.7 Å². The van der Waals surface area contributed by atoms with Crippen molar-refractivity contribution in [3.63, 3.8) is 0 Å². The first kappa shape index (κ1) is 55.0. The fourth-order valence-corrected chi connectivity index (χ4v) is 6.52. The zero-order chi connectivity index (χ0) is 33.3. The van der Waals surface area contributed by atoms with Gasteiger partial charge in [0.15, 0.2) is 0 Å². The normalized spacial score (nSPS) is 15.8. The molecule has 0 heterocycles. The Balaban J connectivity index is -0.000000262. The van der Waals surface area contributed by atoms with E-state index in [-0.39, 0.29) is 77.2 Å². The standard InChI is InChI=1S/4C11H17.2ClH.2Zr/c4*1-4-9-11(2,3)10-7-5-6-8-10;;;;/h4*5,7H,4,6,9H2,1-3H3;2*1H;;/q4*-1;;;2*+2/p-2. The molecule has 48 heavy (non-hydrogen) atoms. The molecule has 0 aromatic carbocycles. The molecule has 4 aliphatic carbocycles. The van der Waals surface area contributed by atoms with Crippen molar-refractivity contribution in [2.45, 2.75) is 160 Å². The second kappa shape index (κ2) is 27.9. The quantitative estimate of drug-likeness (QED) is 0.175. The Bertz CT molecular complexity index is 929. The van der Waals surface area contributed by atoms with Crippen molar-refractivity contribution in [2.75, 3.05) is 0 Å². The van der Waals surface area contributed by atoms with Gasteiger partial charge in [0, 0.05) is 0 Å². The van der Waals surface area contributed by atoms with Crippen LogP contribution in [0.5, 0.6) is 0 Å². The van der Waals surface area contributed by atoms with Crippen LogP contribution in [-0.2, 0) is 52.4 Å². The number of rotatable bonds is 12. The van der Waals surface area contributed by atoms with E-state index in [2.05, 4.69) is 156 Å². The summed E-state index contributed by atoms with van der Waals surface area (Å²) in [4.78, 5) is 0. The summed E-state index contributed by atoms with van der Waals surface area (Å²) >= 11 is 0. The molecular formula is C44H68Cl2Zr2-2. The van der Waals surface area contributed by atoms with Crippen LogP contribution in [0.3, 0.4) is 0 Å². The summed E-state index contributed by atoms with van der Waals surface area (Å²) in [7, 11) is 0. The summed E-state index contributed by atoms with van der Waals surface area (Å²) in [5.74, 6) is 0. The Morgan fingerprint density at radius 3 is 0.667 bits per heavy atom. The van der Waals surface area contributed by atoms with Crippen molar-refractivity contribution in [1.82, 2.24) is 0 Å². The molecule has 0 aliphatic heterocycles. The third-order valence-electron chi connectivity index (χ3n) is 9.20. The van der Waals surface area contributed by atoms with Gasteiger partial charge < -0.3 is 24.8 Å². The summed E-state index contributed by atoms with van der Waals surface area (Å²) < 4.78 is 0. The number of allylic oxidation sites excluding steroid dienone is 16. The fraction of sp³-hybridized carbons (Fsp3) is 0.636. The van der Waals surface area contributed by atoms with Gasteiger partial charge in [-0.2, -0.15) is 24.3 Å². The van der Waals surface area contributed by atoms with Gasteiger partial charge in [0.2, 0.25) is 0 Å². The van der Waals surface area contributed by atoms with E-state index < -0.39 is 0 Å². The van der Waals surface area contributed by atoms with Crippen LogP contribution < -0.4 is 24.8 Å². The second-order valence-corrected chi connectivity index (χ2v) is 15.3. The minimum absolute atomic E-state index is 0. The van der Waals surface area contributed by atoms with E-state index >= 15 is 0 Å². The smallest absolute Gasteiger partial charge is 1.00 e. The molecular weight excluding hydrogens is 782 g/mol. The maximum atomic E-state index is 3.39. The van der Waals surface area contributed by atoms with Crippen molar-refractivity contribution in [2.24, 2.45) is 21.7 Å². The van der Waals surface area contributed by atoms with Gasteiger partial charge in [-0.3, -0.25) is 24.3 Å². The molecule has 0 aromatic rings. The van der Waals surface area contributed by atoms with Gasteiger partial charge in [-0.1, -0.05) is 109 Å². The van der Waals surface area contributed by atoms with Crippen LogP contribution >= 0.6 is 0 Å². The molecule has 0 fully saturated rings. The van der Waals surface area contributed by atoms with Crippen molar-refractivity contribution >= 4 is 0 Å². The zero-order valence-corrected chi connectivity index (χ0v) is 39.3. The van der Waals surface area contributed by atoms with Gasteiger partial charge in [-0.05, 0) is 47.3 Å². The van der Waals surface area contributed by atoms with Gasteiger partial charge >= 0.3 is 52.4 Å². The molecule has 0 N–H and O–H groups in total.